The van der Waals surface area contributed by atoms with Gasteiger partial charge >= 0.3 is 5.97 Å². The smallest absolute Gasteiger partial charge is 0.342 e. The molecular weight excluding hydrogens is 322 g/mol. The standard InChI is InChI=1S/C19H27NO5/c1-12-6-5-7-16(13(12)2)20-18(21)11-25-19(22)15-9-8-14(23-3)10-17(15)24-4/h8-10,12-13,16H,5-7,11H2,1-4H3,(H,20,21)/t12-,13+,16+/m1/s1. The lowest BCUT2D eigenvalue weighted by molar-refractivity contribution is -0.125. The van der Waals surface area contributed by atoms with Crippen molar-refractivity contribution < 1.29 is 23.8 Å². The van der Waals surface area contributed by atoms with Crippen molar-refractivity contribution in [2.75, 3.05) is 20.8 Å². The first-order valence-electron chi connectivity index (χ1n) is 8.64. The summed E-state index contributed by atoms with van der Waals surface area (Å²) in [6.45, 7) is 4.06. The Labute approximate surface area is 148 Å². The highest BCUT2D eigenvalue weighted by Crippen LogP contribution is 2.29. The van der Waals surface area contributed by atoms with E-state index in [1.165, 1.54) is 20.6 Å². The van der Waals surface area contributed by atoms with Gasteiger partial charge in [-0.15, -0.1) is 0 Å². The van der Waals surface area contributed by atoms with Gasteiger partial charge in [0, 0.05) is 12.1 Å². The summed E-state index contributed by atoms with van der Waals surface area (Å²) in [7, 11) is 2.99. The van der Waals surface area contributed by atoms with E-state index in [1.807, 2.05) is 0 Å². The summed E-state index contributed by atoms with van der Waals surface area (Å²) >= 11 is 0. The fourth-order valence-electron chi connectivity index (χ4n) is 3.21. The van der Waals surface area contributed by atoms with Gasteiger partial charge in [0.2, 0.25) is 0 Å². The van der Waals surface area contributed by atoms with Gasteiger partial charge in [0.1, 0.15) is 17.1 Å². The maximum absolute atomic E-state index is 12.2. The molecule has 0 aromatic heterocycles. The summed E-state index contributed by atoms with van der Waals surface area (Å²) in [6, 6.07) is 4.94. The van der Waals surface area contributed by atoms with E-state index >= 15 is 0 Å². The quantitative estimate of drug-likeness (QED) is 0.800. The predicted molar refractivity (Wildman–Crippen MR) is 93.9 cm³/mol. The van der Waals surface area contributed by atoms with E-state index in [0.29, 0.717) is 23.3 Å². The van der Waals surface area contributed by atoms with Crippen LogP contribution in [0.1, 0.15) is 43.5 Å². The zero-order valence-corrected chi connectivity index (χ0v) is 15.3. The summed E-state index contributed by atoms with van der Waals surface area (Å²) in [6.07, 6.45) is 3.27. The topological polar surface area (TPSA) is 73.9 Å². The number of esters is 1. The van der Waals surface area contributed by atoms with Crippen molar-refractivity contribution in [3.8, 4) is 11.5 Å². The number of benzene rings is 1. The minimum atomic E-state index is -0.597. The van der Waals surface area contributed by atoms with E-state index in [4.69, 9.17) is 14.2 Å². The fraction of sp³-hybridized carbons (Fsp3) is 0.579. The van der Waals surface area contributed by atoms with E-state index in [-0.39, 0.29) is 24.1 Å². The Bertz CT molecular complexity index is 616. The second kappa shape index (κ2) is 8.74. The summed E-state index contributed by atoms with van der Waals surface area (Å²) in [5, 5.41) is 2.99. The molecular formula is C19H27NO5. The van der Waals surface area contributed by atoms with Crippen molar-refractivity contribution in [3.63, 3.8) is 0 Å². The van der Waals surface area contributed by atoms with Gasteiger partial charge in [0.05, 0.1) is 14.2 Å². The number of amides is 1. The summed E-state index contributed by atoms with van der Waals surface area (Å²) in [5.74, 6) is 1.07. The molecule has 0 radical (unpaired) electrons. The van der Waals surface area contributed by atoms with Gasteiger partial charge in [-0.25, -0.2) is 4.79 Å². The number of nitrogens with one attached hydrogen (secondary N) is 1. The number of methoxy groups -OCH3 is 2. The van der Waals surface area contributed by atoms with Gasteiger partial charge in [-0.05, 0) is 30.4 Å². The second-order valence-electron chi connectivity index (χ2n) is 6.58. The molecule has 1 saturated carbocycles. The zero-order valence-electron chi connectivity index (χ0n) is 15.3. The van der Waals surface area contributed by atoms with Gasteiger partial charge in [-0.1, -0.05) is 26.7 Å². The molecule has 0 bridgehead atoms. The number of hydrogen-bond donors (Lipinski definition) is 1. The molecule has 3 atom stereocenters. The predicted octanol–water partition coefficient (Wildman–Crippen LogP) is 2.80. The highest BCUT2D eigenvalue weighted by atomic mass is 16.5. The molecule has 1 fully saturated rings. The van der Waals surface area contributed by atoms with Crippen molar-refractivity contribution in [2.45, 2.75) is 39.2 Å². The first-order valence-corrected chi connectivity index (χ1v) is 8.64. The van der Waals surface area contributed by atoms with Gasteiger partial charge in [-0.2, -0.15) is 0 Å². The van der Waals surface area contributed by atoms with E-state index in [0.717, 1.165) is 12.8 Å². The number of carbonyl (C=O) groups excluding carboxylic acids is 2. The maximum atomic E-state index is 12.2. The van der Waals surface area contributed by atoms with E-state index in [9.17, 15) is 9.59 Å². The lowest BCUT2D eigenvalue weighted by Gasteiger charge is -2.34. The molecule has 1 aliphatic rings. The highest BCUT2D eigenvalue weighted by molar-refractivity contribution is 5.94. The number of carbonyl (C=O) groups is 2. The summed E-state index contributed by atoms with van der Waals surface area (Å²) in [5.41, 5.74) is 0.260. The maximum Gasteiger partial charge on any atom is 0.342 e. The van der Waals surface area contributed by atoms with Gasteiger partial charge < -0.3 is 19.5 Å². The third-order valence-electron chi connectivity index (χ3n) is 5.02. The monoisotopic (exact) mass is 349 g/mol. The Balaban J connectivity index is 1.90. The molecule has 1 aromatic carbocycles. The van der Waals surface area contributed by atoms with Crippen LogP contribution in [-0.2, 0) is 9.53 Å². The third kappa shape index (κ3) is 4.87. The van der Waals surface area contributed by atoms with Crippen molar-refractivity contribution in [1.82, 2.24) is 5.32 Å². The molecule has 0 saturated heterocycles. The first-order chi connectivity index (χ1) is 12.0. The van der Waals surface area contributed by atoms with Gasteiger partial charge in [0.25, 0.3) is 5.91 Å². The first kappa shape index (κ1) is 19.1. The third-order valence-corrected chi connectivity index (χ3v) is 5.02. The molecule has 6 nitrogen and oxygen atoms in total. The van der Waals surface area contributed by atoms with Crippen LogP contribution in [0.5, 0.6) is 11.5 Å². The Morgan fingerprint density at radius 1 is 1.16 bits per heavy atom. The van der Waals surface area contributed by atoms with Crippen LogP contribution in [0.4, 0.5) is 0 Å². The Morgan fingerprint density at radius 2 is 1.92 bits per heavy atom. The van der Waals surface area contributed by atoms with Gasteiger partial charge in [0.15, 0.2) is 6.61 Å². The number of rotatable bonds is 6. The van der Waals surface area contributed by atoms with E-state index in [2.05, 4.69) is 19.2 Å². The molecule has 138 valence electrons. The van der Waals surface area contributed by atoms with Crippen LogP contribution < -0.4 is 14.8 Å². The van der Waals surface area contributed by atoms with Crippen LogP contribution >= 0.6 is 0 Å². The van der Waals surface area contributed by atoms with E-state index < -0.39 is 5.97 Å². The van der Waals surface area contributed by atoms with Crippen LogP contribution in [0.3, 0.4) is 0 Å². The molecule has 0 heterocycles. The Morgan fingerprint density at radius 3 is 2.60 bits per heavy atom. The minimum absolute atomic E-state index is 0.144. The van der Waals surface area contributed by atoms with Crippen LogP contribution in [0, 0.1) is 11.8 Å². The Kier molecular flexibility index (Phi) is 6.67. The number of hydrogen-bond acceptors (Lipinski definition) is 5. The van der Waals surface area contributed by atoms with Gasteiger partial charge in [-0.3, -0.25) is 4.79 Å². The van der Waals surface area contributed by atoms with Crippen LogP contribution in [0.2, 0.25) is 0 Å². The molecule has 0 aliphatic heterocycles. The summed E-state index contributed by atoms with van der Waals surface area (Å²) in [4.78, 5) is 24.3. The highest BCUT2D eigenvalue weighted by Gasteiger charge is 2.28. The summed E-state index contributed by atoms with van der Waals surface area (Å²) < 4.78 is 15.4. The average molecular weight is 349 g/mol. The molecule has 1 N–H and O–H groups in total. The largest absolute Gasteiger partial charge is 0.497 e. The number of ether oxygens (including phenoxy) is 3. The van der Waals surface area contributed by atoms with Crippen LogP contribution in [0.25, 0.3) is 0 Å². The van der Waals surface area contributed by atoms with Crippen molar-refractivity contribution in [3.05, 3.63) is 23.8 Å². The molecule has 0 unspecified atom stereocenters. The van der Waals surface area contributed by atoms with Crippen molar-refractivity contribution >= 4 is 11.9 Å². The van der Waals surface area contributed by atoms with Crippen molar-refractivity contribution in [2.24, 2.45) is 11.8 Å². The SMILES string of the molecule is COc1ccc(C(=O)OCC(=O)N[C@H]2CCC[C@@H](C)[C@@H]2C)c(OC)c1. The molecule has 0 spiro atoms. The fourth-order valence-corrected chi connectivity index (χ4v) is 3.21. The normalized spacial score (nSPS) is 22.8. The minimum Gasteiger partial charge on any atom is -0.497 e. The molecule has 1 aliphatic carbocycles. The van der Waals surface area contributed by atoms with Crippen LogP contribution in [0.15, 0.2) is 18.2 Å². The lowest BCUT2D eigenvalue weighted by atomic mass is 9.78. The molecule has 2 rings (SSSR count). The second-order valence-corrected chi connectivity index (χ2v) is 6.58. The average Bonchev–Trinajstić information content (AvgIpc) is 2.62. The zero-order chi connectivity index (χ0) is 18.4. The molecule has 1 aromatic rings. The molecule has 6 heteroatoms. The molecule has 25 heavy (non-hydrogen) atoms. The lowest BCUT2D eigenvalue weighted by Crippen LogP contribution is -2.45. The Hall–Kier alpha value is -2.24. The van der Waals surface area contributed by atoms with E-state index in [1.54, 1.807) is 18.2 Å². The molecule has 1 amide bonds. The van der Waals surface area contributed by atoms with Crippen molar-refractivity contribution in [1.29, 1.82) is 0 Å². The van der Waals surface area contributed by atoms with Crippen LogP contribution in [-0.4, -0.2) is 38.7 Å².